The van der Waals surface area contributed by atoms with Gasteiger partial charge >= 0.3 is 6.03 Å². The SMILES string of the molecule is CC/C(=C/C(=O)N1CCCC(N2CCNC2=O)C1)c1ccc(C)cc1. The Kier molecular flexibility index (Phi) is 5.41. The Morgan fingerprint density at radius 2 is 2.04 bits per heavy atom. The molecule has 2 fully saturated rings. The lowest BCUT2D eigenvalue weighted by molar-refractivity contribution is -0.127. The summed E-state index contributed by atoms with van der Waals surface area (Å²) in [5, 5.41) is 2.85. The Labute approximate surface area is 149 Å². The molecule has 25 heavy (non-hydrogen) atoms. The van der Waals surface area contributed by atoms with Gasteiger partial charge in [0.1, 0.15) is 0 Å². The summed E-state index contributed by atoms with van der Waals surface area (Å²) in [6.45, 7) is 6.99. The molecule has 2 aliphatic heterocycles. The average Bonchev–Trinajstić information content (AvgIpc) is 3.06. The van der Waals surface area contributed by atoms with Crippen molar-refractivity contribution >= 4 is 17.5 Å². The van der Waals surface area contributed by atoms with Gasteiger partial charge in [-0.25, -0.2) is 4.79 Å². The van der Waals surface area contributed by atoms with Gasteiger partial charge in [0.15, 0.2) is 0 Å². The predicted molar refractivity (Wildman–Crippen MR) is 99.2 cm³/mol. The van der Waals surface area contributed by atoms with Crippen molar-refractivity contribution in [3.8, 4) is 0 Å². The molecule has 1 atom stereocenters. The Bertz CT molecular complexity index is 666. The maximum atomic E-state index is 12.8. The van der Waals surface area contributed by atoms with Gasteiger partial charge in [-0.2, -0.15) is 0 Å². The highest BCUT2D eigenvalue weighted by atomic mass is 16.2. The van der Waals surface area contributed by atoms with Crippen LogP contribution in [0.15, 0.2) is 30.3 Å². The van der Waals surface area contributed by atoms with Gasteiger partial charge in [-0.1, -0.05) is 36.8 Å². The van der Waals surface area contributed by atoms with Gasteiger partial charge in [0.05, 0.1) is 6.04 Å². The van der Waals surface area contributed by atoms with Crippen LogP contribution in [0.2, 0.25) is 0 Å². The van der Waals surface area contributed by atoms with E-state index in [2.05, 4.69) is 43.4 Å². The number of likely N-dealkylation sites (tertiary alicyclic amines) is 1. The molecule has 2 heterocycles. The third kappa shape index (κ3) is 4.03. The number of hydrogen-bond acceptors (Lipinski definition) is 2. The van der Waals surface area contributed by atoms with Crippen LogP contribution in [-0.2, 0) is 4.79 Å². The molecule has 2 saturated heterocycles. The maximum absolute atomic E-state index is 12.8. The molecule has 3 rings (SSSR count). The Morgan fingerprint density at radius 1 is 1.28 bits per heavy atom. The van der Waals surface area contributed by atoms with Gasteiger partial charge in [-0.15, -0.1) is 0 Å². The zero-order valence-electron chi connectivity index (χ0n) is 15.1. The molecule has 1 unspecified atom stereocenters. The van der Waals surface area contributed by atoms with E-state index >= 15 is 0 Å². The summed E-state index contributed by atoms with van der Waals surface area (Å²) in [6.07, 6.45) is 4.51. The van der Waals surface area contributed by atoms with Crippen molar-refractivity contribution < 1.29 is 9.59 Å². The molecule has 5 nitrogen and oxygen atoms in total. The molecule has 2 aliphatic rings. The van der Waals surface area contributed by atoms with Crippen LogP contribution in [0.3, 0.4) is 0 Å². The van der Waals surface area contributed by atoms with E-state index in [4.69, 9.17) is 0 Å². The van der Waals surface area contributed by atoms with Crippen LogP contribution in [-0.4, -0.2) is 54.0 Å². The number of amides is 3. The van der Waals surface area contributed by atoms with Crippen LogP contribution < -0.4 is 5.32 Å². The van der Waals surface area contributed by atoms with Gasteiger partial charge in [0.2, 0.25) is 5.91 Å². The quantitative estimate of drug-likeness (QED) is 0.856. The average molecular weight is 341 g/mol. The van der Waals surface area contributed by atoms with E-state index in [1.54, 1.807) is 6.08 Å². The number of carbonyl (C=O) groups is 2. The number of allylic oxidation sites excluding steroid dienone is 1. The van der Waals surface area contributed by atoms with Crippen molar-refractivity contribution in [2.45, 2.75) is 39.2 Å². The molecule has 0 radical (unpaired) electrons. The van der Waals surface area contributed by atoms with E-state index in [1.165, 1.54) is 5.56 Å². The van der Waals surface area contributed by atoms with E-state index in [-0.39, 0.29) is 18.0 Å². The molecule has 0 spiro atoms. The van der Waals surface area contributed by atoms with Gasteiger partial charge in [0.25, 0.3) is 0 Å². The normalized spacial score (nSPS) is 21.4. The van der Waals surface area contributed by atoms with E-state index in [9.17, 15) is 9.59 Å². The molecule has 134 valence electrons. The van der Waals surface area contributed by atoms with Gasteiger partial charge in [-0.3, -0.25) is 4.79 Å². The van der Waals surface area contributed by atoms with Gasteiger partial charge in [0, 0.05) is 32.3 Å². The van der Waals surface area contributed by atoms with Crippen LogP contribution in [0, 0.1) is 6.92 Å². The summed E-state index contributed by atoms with van der Waals surface area (Å²) >= 11 is 0. The molecule has 1 aromatic rings. The first kappa shape index (κ1) is 17.5. The highest BCUT2D eigenvalue weighted by molar-refractivity contribution is 5.95. The van der Waals surface area contributed by atoms with Crippen LogP contribution in [0.4, 0.5) is 4.79 Å². The van der Waals surface area contributed by atoms with E-state index in [0.717, 1.165) is 43.5 Å². The van der Waals surface area contributed by atoms with Crippen molar-refractivity contribution in [1.29, 1.82) is 0 Å². The number of hydrogen-bond donors (Lipinski definition) is 1. The first-order valence-electron chi connectivity index (χ1n) is 9.19. The molecule has 0 aromatic heterocycles. The lowest BCUT2D eigenvalue weighted by atomic mass is 10.0. The summed E-state index contributed by atoms with van der Waals surface area (Å²) in [5.41, 5.74) is 3.38. The summed E-state index contributed by atoms with van der Waals surface area (Å²) in [5.74, 6) is 0.0572. The number of nitrogens with zero attached hydrogens (tertiary/aromatic N) is 2. The molecular formula is C20H27N3O2. The van der Waals surface area contributed by atoms with Crippen LogP contribution in [0.1, 0.15) is 37.3 Å². The zero-order valence-corrected chi connectivity index (χ0v) is 15.1. The second-order valence-electron chi connectivity index (χ2n) is 6.89. The standard InChI is InChI=1S/C20H27N3O2/c1-3-16(17-8-6-15(2)7-9-17)13-19(24)22-11-4-5-18(14-22)23-12-10-21-20(23)25/h6-9,13,18H,3-5,10-12,14H2,1-2H3,(H,21,25)/b16-13-. The summed E-state index contributed by atoms with van der Waals surface area (Å²) < 4.78 is 0. The lowest BCUT2D eigenvalue weighted by Crippen LogP contribution is -2.50. The topological polar surface area (TPSA) is 52.7 Å². The van der Waals surface area contributed by atoms with Gasteiger partial charge in [-0.05, 0) is 37.3 Å². The highest BCUT2D eigenvalue weighted by Gasteiger charge is 2.32. The second-order valence-corrected chi connectivity index (χ2v) is 6.89. The van der Waals surface area contributed by atoms with Crippen molar-refractivity contribution in [2.75, 3.05) is 26.2 Å². The Morgan fingerprint density at radius 3 is 2.68 bits per heavy atom. The number of aryl methyl sites for hydroxylation is 1. The lowest BCUT2D eigenvalue weighted by Gasteiger charge is -2.36. The van der Waals surface area contributed by atoms with Gasteiger partial charge < -0.3 is 15.1 Å². The number of nitrogens with one attached hydrogen (secondary N) is 1. The number of urea groups is 1. The maximum Gasteiger partial charge on any atom is 0.317 e. The molecule has 1 aromatic carbocycles. The molecule has 0 aliphatic carbocycles. The molecular weight excluding hydrogens is 314 g/mol. The number of carbonyl (C=O) groups excluding carboxylic acids is 2. The number of benzene rings is 1. The Hall–Kier alpha value is -2.30. The highest BCUT2D eigenvalue weighted by Crippen LogP contribution is 2.21. The summed E-state index contributed by atoms with van der Waals surface area (Å²) in [4.78, 5) is 28.4. The second kappa shape index (κ2) is 7.72. The smallest absolute Gasteiger partial charge is 0.317 e. The van der Waals surface area contributed by atoms with Crippen molar-refractivity contribution in [1.82, 2.24) is 15.1 Å². The van der Waals surface area contributed by atoms with Crippen molar-refractivity contribution in [3.05, 3.63) is 41.5 Å². The van der Waals surface area contributed by atoms with Crippen LogP contribution in [0.5, 0.6) is 0 Å². The largest absolute Gasteiger partial charge is 0.337 e. The fraction of sp³-hybridized carbons (Fsp3) is 0.500. The first-order valence-corrected chi connectivity index (χ1v) is 9.19. The number of piperidine rings is 1. The molecule has 1 N–H and O–H groups in total. The number of rotatable bonds is 4. The molecule has 3 amide bonds. The minimum absolute atomic E-state index is 0.00347. The predicted octanol–water partition coefficient (Wildman–Crippen LogP) is 2.80. The fourth-order valence-corrected chi connectivity index (χ4v) is 3.64. The van der Waals surface area contributed by atoms with E-state index < -0.39 is 0 Å². The van der Waals surface area contributed by atoms with E-state index in [0.29, 0.717) is 13.1 Å². The zero-order chi connectivity index (χ0) is 17.8. The summed E-state index contributed by atoms with van der Waals surface area (Å²) in [7, 11) is 0. The fourth-order valence-electron chi connectivity index (χ4n) is 3.64. The first-order chi connectivity index (χ1) is 12.1. The minimum Gasteiger partial charge on any atom is -0.337 e. The molecule has 0 saturated carbocycles. The van der Waals surface area contributed by atoms with Crippen molar-refractivity contribution in [3.63, 3.8) is 0 Å². The molecule has 5 heteroatoms. The Balaban J connectivity index is 1.70. The third-order valence-electron chi connectivity index (χ3n) is 5.14. The van der Waals surface area contributed by atoms with E-state index in [1.807, 2.05) is 9.80 Å². The van der Waals surface area contributed by atoms with Crippen LogP contribution >= 0.6 is 0 Å². The third-order valence-corrected chi connectivity index (χ3v) is 5.14. The van der Waals surface area contributed by atoms with Crippen LogP contribution in [0.25, 0.3) is 5.57 Å². The molecule has 0 bridgehead atoms. The summed E-state index contributed by atoms with van der Waals surface area (Å²) in [6, 6.07) is 8.44. The van der Waals surface area contributed by atoms with Crippen molar-refractivity contribution in [2.24, 2.45) is 0 Å². The minimum atomic E-state index is 0.00347. The monoisotopic (exact) mass is 341 g/mol.